The summed E-state index contributed by atoms with van der Waals surface area (Å²) in [5, 5.41) is 12.6. The molecule has 3 rings (SSSR count). The smallest absolute Gasteiger partial charge is 0.258 e. The highest BCUT2D eigenvalue weighted by atomic mass is 35.5. The van der Waals surface area contributed by atoms with Crippen LogP contribution in [0.2, 0.25) is 10.0 Å². The van der Waals surface area contributed by atoms with Gasteiger partial charge in [0.05, 0.1) is 15.1 Å². The van der Waals surface area contributed by atoms with E-state index in [2.05, 4.69) is 4.98 Å². The van der Waals surface area contributed by atoms with Gasteiger partial charge < -0.3 is 0 Å². The Kier molecular flexibility index (Phi) is 4.11. The third kappa shape index (κ3) is 2.97. The SMILES string of the molecule is O=[N+]([O-])c1ccc2sc(/C=C/c3c(Cl)cccc3Cl)nc2c1. The molecule has 0 radical (unpaired) electrons. The number of thiazole rings is 1. The van der Waals surface area contributed by atoms with Crippen LogP contribution in [0.25, 0.3) is 22.4 Å². The van der Waals surface area contributed by atoms with Crippen molar-refractivity contribution < 1.29 is 4.92 Å². The van der Waals surface area contributed by atoms with Crippen molar-refractivity contribution >= 4 is 62.6 Å². The van der Waals surface area contributed by atoms with Gasteiger partial charge in [-0.15, -0.1) is 11.3 Å². The number of nitro groups is 1. The summed E-state index contributed by atoms with van der Waals surface area (Å²) in [6.45, 7) is 0. The molecule has 0 amide bonds. The van der Waals surface area contributed by atoms with E-state index in [4.69, 9.17) is 23.2 Å². The summed E-state index contributed by atoms with van der Waals surface area (Å²) >= 11 is 13.6. The number of aromatic nitrogens is 1. The first-order valence-corrected chi connectivity index (χ1v) is 7.79. The van der Waals surface area contributed by atoms with E-state index >= 15 is 0 Å². The van der Waals surface area contributed by atoms with Crippen LogP contribution >= 0.6 is 34.5 Å². The molecule has 0 spiro atoms. The number of nitrogens with zero attached hydrogens (tertiary/aromatic N) is 2. The van der Waals surface area contributed by atoms with E-state index in [9.17, 15) is 10.1 Å². The topological polar surface area (TPSA) is 56.0 Å². The van der Waals surface area contributed by atoms with Gasteiger partial charge in [-0.25, -0.2) is 4.98 Å². The highest BCUT2D eigenvalue weighted by Gasteiger charge is 2.09. The fraction of sp³-hybridized carbons (Fsp3) is 0. The number of non-ortho nitro benzene ring substituents is 1. The summed E-state index contributed by atoms with van der Waals surface area (Å²) in [7, 11) is 0. The minimum Gasteiger partial charge on any atom is -0.258 e. The molecule has 0 aliphatic heterocycles. The zero-order chi connectivity index (χ0) is 15.7. The average molecular weight is 351 g/mol. The second-order valence-electron chi connectivity index (χ2n) is 4.43. The molecule has 110 valence electrons. The van der Waals surface area contributed by atoms with Crippen LogP contribution in [0.1, 0.15) is 10.6 Å². The monoisotopic (exact) mass is 350 g/mol. The number of hydrogen-bond acceptors (Lipinski definition) is 4. The molecule has 0 fully saturated rings. The molecule has 1 aromatic heterocycles. The first-order valence-electron chi connectivity index (χ1n) is 6.21. The van der Waals surface area contributed by atoms with Gasteiger partial charge in [-0.1, -0.05) is 29.3 Å². The molecule has 0 N–H and O–H groups in total. The summed E-state index contributed by atoms with van der Waals surface area (Å²) in [6.07, 6.45) is 3.58. The maximum atomic E-state index is 10.8. The standard InChI is InChI=1S/C15H8Cl2N2O2S/c16-11-2-1-3-12(17)10(11)5-7-15-18-13-8-9(19(20)21)4-6-14(13)22-15/h1-8H/b7-5+. The average Bonchev–Trinajstić information content (AvgIpc) is 2.88. The van der Waals surface area contributed by atoms with Gasteiger partial charge in [-0.2, -0.15) is 0 Å². The maximum Gasteiger partial charge on any atom is 0.271 e. The van der Waals surface area contributed by atoms with Gasteiger partial charge in [0, 0.05) is 27.7 Å². The van der Waals surface area contributed by atoms with E-state index in [0.29, 0.717) is 15.6 Å². The third-order valence-corrected chi connectivity index (χ3v) is 4.65. The molecule has 2 aromatic carbocycles. The van der Waals surface area contributed by atoms with E-state index < -0.39 is 4.92 Å². The summed E-state index contributed by atoms with van der Waals surface area (Å²) in [6, 6.07) is 9.93. The van der Waals surface area contributed by atoms with Crippen LogP contribution in [0, 0.1) is 10.1 Å². The molecular formula is C15H8Cl2N2O2S. The van der Waals surface area contributed by atoms with Crippen molar-refractivity contribution in [2.45, 2.75) is 0 Å². The molecule has 0 aliphatic rings. The van der Waals surface area contributed by atoms with Gasteiger partial charge in [0.1, 0.15) is 5.01 Å². The van der Waals surface area contributed by atoms with E-state index in [0.717, 1.165) is 15.3 Å². The van der Waals surface area contributed by atoms with Crippen LogP contribution in [-0.2, 0) is 0 Å². The number of benzene rings is 2. The molecule has 7 heteroatoms. The zero-order valence-electron chi connectivity index (χ0n) is 11.0. The van der Waals surface area contributed by atoms with Crippen LogP contribution < -0.4 is 0 Å². The molecule has 0 saturated carbocycles. The lowest BCUT2D eigenvalue weighted by Gasteiger charge is -1.99. The zero-order valence-corrected chi connectivity index (χ0v) is 13.3. The predicted octanol–water partition coefficient (Wildman–Crippen LogP) is 5.68. The Hall–Kier alpha value is -1.95. The Bertz CT molecular complexity index is 885. The lowest BCUT2D eigenvalue weighted by atomic mass is 10.2. The Balaban J connectivity index is 1.97. The normalized spacial score (nSPS) is 11.4. The van der Waals surface area contributed by atoms with E-state index in [1.807, 2.05) is 0 Å². The fourth-order valence-electron chi connectivity index (χ4n) is 1.94. The van der Waals surface area contributed by atoms with E-state index in [1.165, 1.54) is 23.5 Å². The highest BCUT2D eigenvalue weighted by molar-refractivity contribution is 7.19. The Morgan fingerprint density at radius 3 is 2.55 bits per heavy atom. The van der Waals surface area contributed by atoms with Gasteiger partial charge in [-0.3, -0.25) is 10.1 Å². The maximum absolute atomic E-state index is 10.8. The second-order valence-corrected chi connectivity index (χ2v) is 6.31. The number of halogens is 2. The van der Waals surface area contributed by atoms with Crippen molar-refractivity contribution in [3.8, 4) is 0 Å². The molecule has 1 heterocycles. The minimum atomic E-state index is -0.433. The van der Waals surface area contributed by atoms with Crippen LogP contribution in [-0.4, -0.2) is 9.91 Å². The van der Waals surface area contributed by atoms with Crippen LogP contribution in [0.4, 0.5) is 5.69 Å². The van der Waals surface area contributed by atoms with Crippen LogP contribution in [0.5, 0.6) is 0 Å². The van der Waals surface area contributed by atoms with Crippen molar-refractivity contribution in [2.24, 2.45) is 0 Å². The minimum absolute atomic E-state index is 0.0301. The van der Waals surface area contributed by atoms with Gasteiger partial charge in [-0.05, 0) is 30.4 Å². The van der Waals surface area contributed by atoms with Crippen LogP contribution in [0.3, 0.4) is 0 Å². The van der Waals surface area contributed by atoms with Gasteiger partial charge in [0.2, 0.25) is 0 Å². The third-order valence-electron chi connectivity index (χ3n) is 2.99. The number of rotatable bonds is 3. The molecule has 0 unspecified atom stereocenters. The van der Waals surface area contributed by atoms with Crippen molar-refractivity contribution in [1.82, 2.24) is 4.98 Å². The molecule has 22 heavy (non-hydrogen) atoms. The Morgan fingerprint density at radius 2 is 1.86 bits per heavy atom. The Labute approximate surface area is 139 Å². The van der Waals surface area contributed by atoms with Crippen LogP contribution in [0.15, 0.2) is 36.4 Å². The molecule has 0 atom stereocenters. The number of hydrogen-bond donors (Lipinski definition) is 0. The highest BCUT2D eigenvalue weighted by Crippen LogP contribution is 2.29. The van der Waals surface area contributed by atoms with Crippen molar-refractivity contribution in [3.05, 3.63) is 67.1 Å². The number of fused-ring (bicyclic) bond motifs is 1. The predicted molar refractivity (Wildman–Crippen MR) is 91.7 cm³/mol. The first kappa shape index (κ1) is 15.0. The quantitative estimate of drug-likeness (QED) is 0.450. The molecule has 0 bridgehead atoms. The van der Waals surface area contributed by atoms with Crippen molar-refractivity contribution in [1.29, 1.82) is 0 Å². The largest absolute Gasteiger partial charge is 0.271 e. The summed E-state index contributed by atoms with van der Waals surface area (Å²) in [5.74, 6) is 0. The van der Waals surface area contributed by atoms with E-state index in [-0.39, 0.29) is 5.69 Å². The van der Waals surface area contributed by atoms with Gasteiger partial charge in [0.25, 0.3) is 5.69 Å². The van der Waals surface area contributed by atoms with Gasteiger partial charge >= 0.3 is 0 Å². The Morgan fingerprint density at radius 1 is 1.14 bits per heavy atom. The fourth-order valence-corrected chi connectivity index (χ4v) is 3.32. The lowest BCUT2D eigenvalue weighted by molar-refractivity contribution is -0.384. The van der Waals surface area contributed by atoms with Crippen molar-refractivity contribution in [3.63, 3.8) is 0 Å². The first-order chi connectivity index (χ1) is 10.5. The van der Waals surface area contributed by atoms with Gasteiger partial charge in [0.15, 0.2) is 0 Å². The summed E-state index contributed by atoms with van der Waals surface area (Å²) in [5.41, 5.74) is 1.35. The summed E-state index contributed by atoms with van der Waals surface area (Å²) in [4.78, 5) is 14.7. The molecule has 3 aromatic rings. The van der Waals surface area contributed by atoms with E-state index in [1.54, 1.807) is 36.4 Å². The lowest BCUT2D eigenvalue weighted by Crippen LogP contribution is -1.86. The molecule has 0 aliphatic carbocycles. The van der Waals surface area contributed by atoms with Crippen molar-refractivity contribution in [2.75, 3.05) is 0 Å². The number of nitro benzene ring substituents is 1. The molecular weight excluding hydrogens is 343 g/mol. The summed E-state index contributed by atoms with van der Waals surface area (Å²) < 4.78 is 0.885. The second kappa shape index (κ2) is 6.04. The molecule has 0 saturated heterocycles. The molecule has 4 nitrogen and oxygen atoms in total.